The maximum atomic E-state index is 12.8. The zero-order valence-corrected chi connectivity index (χ0v) is 20.0. The number of ether oxygens (including phenoxy) is 2. The second-order valence-electron chi connectivity index (χ2n) is 9.53. The molecule has 1 saturated heterocycles. The van der Waals surface area contributed by atoms with Crippen molar-refractivity contribution in [3.63, 3.8) is 0 Å². The molecule has 172 valence electrons. The summed E-state index contributed by atoms with van der Waals surface area (Å²) in [7, 11) is 0. The number of anilines is 1. The molecule has 33 heavy (non-hydrogen) atoms. The number of carbonyl (C=O) groups is 1. The summed E-state index contributed by atoms with van der Waals surface area (Å²) in [6, 6.07) is 11.1. The highest BCUT2D eigenvalue weighted by Crippen LogP contribution is 2.67. The molecule has 3 aliphatic rings. The van der Waals surface area contributed by atoms with Crippen molar-refractivity contribution >= 4 is 23.4 Å². The number of rotatable bonds is 6. The van der Waals surface area contributed by atoms with Crippen LogP contribution in [0.2, 0.25) is 5.02 Å². The second kappa shape index (κ2) is 8.53. The fourth-order valence-corrected chi connectivity index (χ4v) is 5.69. The van der Waals surface area contributed by atoms with Gasteiger partial charge in [-0.2, -0.15) is 0 Å². The van der Waals surface area contributed by atoms with Crippen LogP contribution in [0, 0.1) is 17.3 Å². The largest absolute Gasteiger partial charge is 0.459 e. The van der Waals surface area contributed by atoms with Crippen LogP contribution in [0.25, 0.3) is 0 Å². The molecule has 5 nitrogen and oxygen atoms in total. The third-order valence-corrected chi connectivity index (χ3v) is 7.39. The number of hydrogen-bond acceptors (Lipinski definition) is 5. The monoisotopic (exact) mass is 464 g/mol. The number of halogens is 1. The summed E-state index contributed by atoms with van der Waals surface area (Å²) in [4.78, 5) is 19.7. The lowest BCUT2D eigenvalue weighted by molar-refractivity contribution is 0.0378. The minimum atomic E-state index is -0.322. The molecule has 2 fully saturated rings. The van der Waals surface area contributed by atoms with Crippen LogP contribution in [0.15, 0.2) is 66.1 Å². The molecule has 2 heterocycles. The molecular weight excluding hydrogens is 436 g/mol. The number of nitrogens with zero attached hydrogens (tertiary/aromatic N) is 2. The first-order chi connectivity index (χ1) is 15.9. The van der Waals surface area contributed by atoms with Crippen molar-refractivity contribution in [2.45, 2.75) is 39.7 Å². The molecule has 0 radical (unpaired) electrons. The molecule has 2 aliphatic carbocycles. The van der Waals surface area contributed by atoms with E-state index >= 15 is 0 Å². The van der Waals surface area contributed by atoms with Crippen molar-refractivity contribution in [2.75, 3.05) is 18.0 Å². The summed E-state index contributed by atoms with van der Waals surface area (Å²) in [5.41, 5.74) is 2.07. The van der Waals surface area contributed by atoms with Crippen LogP contribution in [0.5, 0.6) is 5.75 Å². The zero-order valence-electron chi connectivity index (χ0n) is 19.3. The molecule has 0 spiro atoms. The van der Waals surface area contributed by atoms with Gasteiger partial charge in [-0.1, -0.05) is 18.5 Å². The molecule has 6 heteroatoms. The summed E-state index contributed by atoms with van der Waals surface area (Å²) in [5.74, 6) is 2.98. The minimum Gasteiger partial charge on any atom is -0.459 e. The van der Waals surface area contributed by atoms with Crippen molar-refractivity contribution in [3.8, 4) is 5.75 Å². The Morgan fingerprint density at radius 2 is 2.06 bits per heavy atom. The standard InChI is InChI=1S/C27H29ClN2O3/c1-4-27-14-18-12-21(33-20-9-7-19(28)8-10-20)13-23(27)24(27)16-30(15-18)25-22(6-5-11-29-25)26(31)32-17(2)3/h5-13,17,23-24H,4,14-16H2,1-3H3. The Labute approximate surface area is 200 Å². The molecule has 0 amide bonds. The van der Waals surface area contributed by atoms with Gasteiger partial charge in [0.2, 0.25) is 0 Å². The fourth-order valence-electron chi connectivity index (χ4n) is 5.56. The van der Waals surface area contributed by atoms with E-state index in [0.717, 1.165) is 30.9 Å². The SMILES string of the molecule is CCC12CC3=CC(Oc4ccc(Cl)cc4)=CC1C2CN(c1ncccc1C(=O)OC(C)C)C3. The predicted octanol–water partition coefficient (Wildman–Crippen LogP) is 6.06. The van der Waals surface area contributed by atoms with E-state index in [9.17, 15) is 4.79 Å². The van der Waals surface area contributed by atoms with Crippen LogP contribution in [0.1, 0.15) is 44.0 Å². The third kappa shape index (κ3) is 4.15. The van der Waals surface area contributed by atoms with E-state index < -0.39 is 0 Å². The molecule has 3 unspecified atom stereocenters. The number of hydrogen-bond donors (Lipinski definition) is 0. The van der Waals surface area contributed by atoms with E-state index in [4.69, 9.17) is 21.1 Å². The fraction of sp³-hybridized carbons (Fsp3) is 0.407. The third-order valence-electron chi connectivity index (χ3n) is 7.14. The highest BCUT2D eigenvalue weighted by molar-refractivity contribution is 6.30. The molecule has 5 rings (SSSR count). The first-order valence-electron chi connectivity index (χ1n) is 11.7. The van der Waals surface area contributed by atoms with Crippen molar-refractivity contribution in [2.24, 2.45) is 17.3 Å². The number of benzene rings is 1. The van der Waals surface area contributed by atoms with Gasteiger partial charge in [-0.15, -0.1) is 0 Å². The smallest absolute Gasteiger partial charge is 0.342 e. The van der Waals surface area contributed by atoms with E-state index in [2.05, 4.69) is 29.0 Å². The number of pyridine rings is 1. The van der Waals surface area contributed by atoms with Crippen LogP contribution in [-0.4, -0.2) is 30.1 Å². The summed E-state index contributed by atoms with van der Waals surface area (Å²) >= 11 is 6.03. The maximum absolute atomic E-state index is 12.8. The van der Waals surface area contributed by atoms with E-state index in [0.29, 0.717) is 34.8 Å². The Kier molecular flexibility index (Phi) is 5.69. The van der Waals surface area contributed by atoms with Gasteiger partial charge in [-0.3, -0.25) is 0 Å². The number of fused-ring (bicyclic) bond motifs is 2. The highest BCUT2D eigenvalue weighted by atomic mass is 35.5. The van der Waals surface area contributed by atoms with Crippen LogP contribution in [0.3, 0.4) is 0 Å². The van der Waals surface area contributed by atoms with Gasteiger partial charge in [0.25, 0.3) is 0 Å². The van der Waals surface area contributed by atoms with Gasteiger partial charge >= 0.3 is 5.97 Å². The Bertz CT molecular complexity index is 1120. The van der Waals surface area contributed by atoms with Crippen molar-refractivity contribution in [1.29, 1.82) is 0 Å². The van der Waals surface area contributed by atoms with Crippen molar-refractivity contribution < 1.29 is 14.3 Å². The van der Waals surface area contributed by atoms with E-state index in [1.807, 2.05) is 44.2 Å². The van der Waals surface area contributed by atoms with Gasteiger partial charge in [0.05, 0.1) is 6.10 Å². The first-order valence-corrected chi connectivity index (χ1v) is 12.0. The topological polar surface area (TPSA) is 51.7 Å². The minimum absolute atomic E-state index is 0.176. The van der Waals surface area contributed by atoms with Gasteiger partial charge in [0.1, 0.15) is 22.9 Å². The summed E-state index contributed by atoms with van der Waals surface area (Å²) in [6.07, 6.45) is 8.19. The lowest BCUT2D eigenvalue weighted by Crippen LogP contribution is -2.30. The second-order valence-corrected chi connectivity index (χ2v) is 9.97. The van der Waals surface area contributed by atoms with Gasteiger partial charge in [-0.05, 0) is 98.1 Å². The molecule has 1 aromatic carbocycles. The van der Waals surface area contributed by atoms with Crippen molar-refractivity contribution in [3.05, 3.63) is 76.7 Å². The quantitative estimate of drug-likeness (QED) is 0.486. The highest BCUT2D eigenvalue weighted by Gasteiger charge is 2.64. The predicted molar refractivity (Wildman–Crippen MR) is 130 cm³/mol. The van der Waals surface area contributed by atoms with Gasteiger partial charge in [-0.25, -0.2) is 9.78 Å². The molecule has 1 saturated carbocycles. The Hall–Kier alpha value is -2.79. The van der Waals surface area contributed by atoms with E-state index in [1.165, 1.54) is 5.57 Å². The Morgan fingerprint density at radius 1 is 1.27 bits per heavy atom. The summed E-state index contributed by atoms with van der Waals surface area (Å²) in [6.45, 7) is 7.58. The van der Waals surface area contributed by atoms with E-state index in [-0.39, 0.29) is 17.5 Å². The van der Waals surface area contributed by atoms with Crippen LogP contribution in [0.4, 0.5) is 5.82 Å². The Balaban J connectivity index is 1.46. The molecular formula is C27H29ClN2O3. The molecule has 1 aliphatic heterocycles. The normalized spacial score (nSPS) is 25.5. The molecule has 2 bridgehead atoms. The number of allylic oxidation sites excluding steroid dienone is 2. The van der Waals surface area contributed by atoms with Gasteiger partial charge in [0, 0.05) is 24.3 Å². The maximum Gasteiger partial charge on any atom is 0.342 e. The number of carbonyl (C=O) groups excluding carboxylic acids is 1. The van der Waals surface area contributed by atoms with Gasteiger partial charge in [0.15, 0.2) is 0 Å². The molecule has 1 aromatic heterocycles. The van der Waals surface area contributed by atoms with Crippen LogP contribution >= 0.6 is 11.6 Å². The zero-order chi connectivity index (χ0) is 23.2. The van der Waals surface area contributed by atoms with Crippen LogP contribution in [-0.2, 0) is 4.74 Å². The summed E-state index contributed by atoms with van der Waals surface area (Å²) in [5, 5.41) is 0.691. The number of aromatic nitrogens is 1. The molecule has 2 aromatic rings. The lowest BCUT2D eigenvalue weighted by Gasteiger charge is -2.25. The number of esters is 1. The van der Waals surface area contributed by atoms with E-state index in [1.54, 1.807) is 12.3 Å². The Morgan fingerprint density at radius 3 is 2.79 bits per heavy atom. The van der Waals surface area contributed by atoms with Crippen molar-refractivity contribution in [1.82, 2.24) is 4.98 Å². The van der Waals surface area contributed by atoms with Crippen LogP contribution < -0.4 is 9.64 Å². The van der Waals surface area contributed by atoms with Gasteiger partial charge < -0.3 is 14.4 Å². The average molecular weight is 465 g/mol. The summed E-state index contributed by atoms with van der Waals surface area (Å²) < 4.78 is 11.7. The molecule has 3 atom stereocenters. The molecule has 0 N–H and O–H groups in total. The average Bonchev–Trinajstić information content (AvgIpc) is 3.43. The lowest BCUT2D eigenvalue weighted by atomic mass is 9.91. The first kappa shape index (κ1) is 22.0.